The number of nitrogens with one attached hydrogen (secondary N) is 3. The lowest BCUT2D eigenvalue weighted by Gasteiger charge is -2.32. The number of rotatable bonds is 13. The minimum Gasteiger partial charge on any atom is -0.324 e. The topological polar surface area (TPSA) is 213 Å². The summed E-state index contributed by atoms with van der Waals surface area (Å²) in [6, 6.07) is 32.4. The molecule has 79 heavy (non-hydrogen) atoms. The van der Waals surface area contributed by atoms with Crippen molar-refractivity contribution in [3.8, 4) is 44.8 Å². The zero-order chi connectivity index (χ0) is 56.4. The SMILES string of the molecule is Cn1cc(-c2cc3c(-c4ccc(NC(=O)C(=NS(=O)C(C)(C)C)c5ccc(Cl)cc5)cc4)ncnn3c2)cn1.Cn1cc(-c2cc3c(-c4ccc(NC(=O)C(C)(NS(=O)C(C)(C)C)c5ccc(Cl)cc5)cc4)ncnn3c2)cn1. The molecule has 10 rings (SSSR count). The summed E-state index contributed by atoms with van der Waals surface area (Å²) >= 11 is 12.1. The summed E-state index contributed by atoms with van der Waals surface area (Å²) in [7, 11) is 0.610. The van der Waals surface area contributed by atoms with E-state index in [0.717, 1.165) is 55.8 Å². The van der Waals surface area contributed by atoms with Crippen LogP contribution in [0.1, 0.15) is 59.6 Å². The summed E-state index contributed by atoms with van der Waals surface area (Å²) < 4.78 is 39.0. The van der Waals surface area contributed by atoms with Gasteiger partial charge in [-0.15, -0.1) is 0 Å². The van der Waals surface area contributed by atoms with E-state index in [1.807, 2.05) is 114 Å². The highest BCUT2D eigenvalue weighted by Crippen LogP contribution is 2.32. The normalized spacial score (nSPS) is 13.6. The van der Waals surface area contributed by atoms with Crippen LogP contribution in [0.5, 0.6) is 0 Å². The zero-order valence-corrected chi connectivity index (χ0v) is 47.8. The van der Waals surface area contributed by atoms with E-state index >= 15 is 0 Å². The van der Waals surface area contributed by atoms with E-state index in [4.69, 9.17) is 23.2 Å². The minimum atomic E-state index is -1.63. The molecule has 0 fully saturated rings. The first kappa shape index (κ1) is 55.7. The Morgan fingerprint density at radius 1 is 0.544 bits per heavy atom. The number of halogens is 2. The van der Waals surface area contributed by atoms with E-state index < -0.39 is 42.9 Å². The monoisotopic (exact) mass is 1130 g/mol. The number of aromatic nitrogens is 10. The molecule has 0 aliphatic rings. The Balaban J connectivity index is 0.000000192. The Kier molecular flexibility index (Phi) is 16.1. The second-order valence-electron chi connectivity index (χ2n) is 20.6. The molecule has 0 bridgehead atoms. The molecular formula is C57H56Cl2N14O4S2. The number of hydrogen-bond acceptors (Lipinski definition) is 10. The third kappa shape index (κ3) is 12.8. The van der Waals surface area contributed by atoms with Gasteiger partial charge in [0.2, 0.25) is 5.91 Å². The Morgan fingerprint density at radius 2 is 1.00 bits per heavy atom. The molecule has 3 N–H and O–H groups in total. The van der Waals surface area contributed by atoms with Gasteiger partial charge in [0.1, 0.15) is 34.9 Å². The van der Waals surface area contributed by atoms with Gasteiger partial charge in [0, 0.05) is 99.2 Å². The molecule has 4 aromatic carbocycles. The molecule has 3 atom stereocenters. The molecule has 0 spiro atoms. The first-order chi connectivity index (χ1) is 37.5. The fourth-order valence-electron chi connectivity index (χ4n) is 8.04. The Hall–Kier alpha value is -8.01. The van der Waals surface area contributed by atoms with Crippen molar-refractivity contribution in [3.05, 3.63) is 180 Å². The fraction of sp³-hybridized carbons (Fsp3) is 0.211. The summed E-state index contributed by atoms with van der Waals surface area (Å²) in [6.07, 6.45) is 14.4. The predicted molar refractivity (Wildman–Crippen MR) is 314 cm³/mol. The van der Waals surface area contributed by atoms with E-state index in [9.17, 15) is 18.0 Å². The van der Waals surface area contributed by atoms with Crippen molar-refractivity contribution < 1.29 is 18.0 Å². The first-order valence-corrected chi connectivity index (χ1v) is 27.7. The van der Waals surface area contributed by atoms with Gasteiger partial charge < -0.3 is 10.6 Å². The lowest BCUT2D eigenvalue weighted by atomic mass is 9.92. The van der Waals surface area contributed by atoms with Gasteiger partial charge in [-0.3, -0.25) is 19.0 Å². The lowest BCUT2D eigenvalue weighted by Crippen LogP contribution is -2.53. The molecule has 22 heteroatoms. The summed E-state index contributed by atoms with van der Waals surface area (Å²) in [4.78, 5) is 36.0. The quantitative estimate of drug-likeness (QED) is 0.0929. The Bertz CT molecular complexity index is 3930. The molecular weight excluding hydrogens is 1080 g/mol. The maximum absolute atomic E-state index is 13.7. The second-order valence-corrected chi connectivity index (χ2v) is 25.4. The molecule has 0 saturated carbocycles. The van der Waals surface area contributed by atoms with Gasteiger partial charge in [-0.05, 0) is 115 Å². The summed E-state index contributed by atoms with van der Waals surface area (Å²) in [5.74, 6) is -0.822. The lowest BCUT2D eigenvalue weighted by molar-refractivity contribution is -0.121. The maximum Gasteiger partial charge on any atom is 0.275 e. The maximum atomic E-state index is 13.7. The number of fused-ring (bicyclic) bond motifs is 2. The fourth-order valence-corrected chi connectivity index (χ4v) is 9.81. The van der Waals surface area contributed by atoms with E-state index in [0.29, 0.717) is 32.5 Å². The third-order valence-corrected chi connectivity index (χ3v) is 16.1. The molecule has 10 aromatic rings. The predicted octanol–water partition coefficient (Wildman–Crippen LogP) is 10.7. The van der Waals surface area contributed by atoms with Crippen LogP contribution in [-0.4, -0.2) is 84.2 Å². The van der Waals surface area contributed by atoms with Crippen molar-refractivity contribution in [2.75, 3.05) is 10.6 Å². The molecule has 404 valence electrons. The van der Waals surface area contributed by atoms with Gasteiger partial charge in [-0.1, -0.05) is 71.7 Å². The van der Waals surface area contributed by atoms with Crippen molar-refractivity contribution >= 4 is 85.1 Å². The molecule has 0 aliphatic carbocycles. The first-order valence-electron chi connectivity index (χ1n) is 24.7. The van der Waals surface area contributed by atoms with E-state index in [2.05, 4.69) is 50.1 Å². The molecule has 0 aliphatic heterocycles. The minimum absolute atomic E-state index is 0.0672. The van der Waals surface area contributed by atoms with Crippen LogP contribution in [0.25, 0.3) is 55.8 Å². The average Bonchev–Trinajstić information content (AvgIpc) is 4.42. The number of hydrogen-bond donors (Lipinski definition) is 3. The smallest absolute Gasteiger partial charge is 0.275 e. The Labute approximate surface area is 471 Å². The third-order valence-electron chi connectivity index (χ3n) is 12.5. The number of benzene rings is 4. The molecule has 2 amide bonds. The largest absolute Gasteiger partial charge is 0.324 e. The van der Waals surface area contributed by atoms with Crippen LogP contribution < -0.4 is 15.4 Å². The molecule has 3 unspecified atom stereocenters. The number of carbonyl (C=O) groups is 2. The number of amides is 2. The van der Waals surface area contributed by atoms with E-state index in [1.165, 1.54) is 12.7 Å². The van der Waals surface area contributed by atoms with Crippen molar-refractivity contribution in [2.24, 2.45) is 18.5 Å². The molecule has 0 saturated heterocycles. The Morgan fingerprint density at radius 3 is 1.43 bits per heavy atom. The van der Waals surface area contributed by atoms with E-state index in [-0.39, 0.29) is 11.6 Å². The van der Waals surface area contributed by atoms with Gasteiger partial charge in [-0.2, -0.15) is 24.8 Å². The highest BCUT2D eigenvalue weighted by molar-refractivity contribution is 7.85. The summed E-state index contributed by atoms with van der Waals surface area (Å²) in [6.45, 7) is 12.7. The van der Waals surface area contributed by atoms with Crippen molar-refractivity contribution in [2.45, 2.75) is 63.5 Å². The van der Waals surface area contributed by atoms with Crippen molar-refractivity contribution in [1.82, 2.24) is 53.5 Å². The number of anilines is 2. The highest BCUT2D eigenvalue weighted by Gasteiger charge is 2.39. The van der Waals surface area contributed by atoms with Gasteiger partial charge in [0.25, 0.3) is 5.91 Å². The number of aryl methyl sites for hydroxylation is 2. The number of carbonyl (C=O) groups excluding carboxylic acids is 2. The molecule has 6 heterocycles. The van der Waals surface area contributed by atoms with Crippen LogP contribution in [0.3, 0.4) is 0 Å². The van der Waals surface area contributed by atoms with Crippen molar-refractivity contribution in [1.29, 1.82) is 0 Å². The van der Waals surface area contributed by atoms with Crippen LogP contribution >= 0.6 is 23.2 Å². The summed E-state index contributed by atoms with van der Waals surface area (Å²) in [5.41, 5.74) is 9.97. The van der Waals surface area contributed by atoms with Gasteiger partial charge in [0.15, 0.2) is 0 Å². The standard InChI is InChI=1S/C29H30ClN7O2S.C28H26ClN7O2S/c1-28(2,3)40(39)35-29(4,22-8-10-23(30)11-9-22)27(38)34-24-12-6-19(7-13-24)26-25-14-20(17-37(25)33-18-31-26)21-15-32-36(5)16-21;1-28(2,3)39(38)34-26(19-5-9-22(29)10-6-19)27(37)33-23-11-7-18(8-12-23)25-24-13-20(16-36(24)32-17-30-25)21-14-31-35(4)15-21/h6-18,35H,1-5H3,(H,34,38);5-17H,1-4H3,(H,33,37). The van der Waals surface area contributed by atoms with Crippen LogP contribution in [0, 0.1) is 0 Å². The average molecular weight is 1140 g/mol. The highest BCUT2D eigenvalue weighted by atomic mass is 35.5. The van der Waals surface area contributed by atoms with Crippen LogP contribution in [0.2, 0.25) is 10.0 Å². The summed E-state index contributed by atoms with van der Waals surface area (Å²) in [5, 5.41) is 24.1. The molecule has 6 aromatic heterocycles. The second kappa shape index (κ2) is 22.8. The zero-order valence-electron chi connectivity index (χ0n) is 44.6. The van der Waals surface area contributed by atoms with Crippen LogP contribution in [-0.2, 0) is 51.2 Å². The molecule has 18 nitrogen and oxygen atoms in total. The molecule has 0 radical (unpaired) electrons. The van der Waals surface area contributed by atoms with Crippen LogP contribution in [0.15, 0.2) is 163 Å². The van der Waals surface area contributed by atoms with Crippen molar-refractivity contribution in [3.63, 3.8) is 0 Å². The number of nitrogens with zero attached hydrogens (tertiary/aromatic N) is 11. The van der Waals surface area contributed by atoms with Gasteiger partial charge in [-0.25, -0.2) is 32.1 Å². The van der Waals surface area contributed by atoms with E-state index in [1.54, 1.807) is 113 Å². The van der Waals surface area contributed by atoms with Crippen LogP contribution in [0.4, 0.5) is 11.4 Å². The van der Waals surface area contributed by atoms with Gasteiger partial charge in [0.05, 0.1) is 55.3 Å². The van der Waals surface area contributed by atoms with Gasteiger partial charge >= 0.3 is 0 Å².